The molecule has 7 nitrogen and oxygen atoms in total. The van der Waals surface area contributed by atoms with Gasteiger partial charge in [-0.1, -0.05) is 6.07 Å². The van der Waals surface area contributed by atoms with E-state index in [1.54, 1.807) is 0 Å². The smallest absolute Gasteiger partial charge is 0.302 e. The Morgan fingerprint density at radius 2 is 2.16 bits per heavy atom. The van der Waals surface area contributed by atoms with E-state index >= 15 is 0 Å². The molecule has 1 aromatic carbocycles. The van der Waals surface area contributed by atoms with E-state index in [1.807, 2.05) is 25.1 Å². The van der Waals surface area contributed by atoms with Crippen LogP contribution in [0.25, 0.3) is 11.1 Å². The van der Waals surface area contributed by atoms with Crippen LogP contribution >= 0.6 is 0 Å². The quantitative estimate of drug-likeness (QED) is 0.645. The molecule has 0 saturated carbocycles. The summed E-state index contributed by atoms with van der Waals surface area (Å²) >= 11 is 0. The van der Waals surface area contributed by atoms with Crippen LogP contribution < -0.4 is 10.9 Å². The minimum atomic E-state index is -0.470. The fourth-order valence-corrected chi connectivity index (χ4v) is 1.70. The summed E-state index contributed by atoms with van der Waals surface area (Å²) in [6, 6.07) is 6.76. The van der Waals surface area contributed by atoms with Crippen LogP contribution in [0.5, 0.6) is 5.88 Å². The van der Waals surface area contributed by atoms with Gasteiger partial charge in [0.05, 0.1) is 6.07 Å². The zero-order chi connectivity index (χ0) is 13.4. The minimum absolute atomic E-state index is 0.0632. The van der Waals surface area contributed by atoms with Gasteiger partial charge in [0.15, 0.2) is 5.58 Å². The van der Waals surface area contributed by atoms with Crippen molar-refractivity contribution in [2.75, 3.05) is 5.32 Å². The molecule has 3 rings (SSSR count). The Bertz CT molecular complexity index is 806. The van der Waals surface area contributed by atoms with Gasteiger partial charge in [0.2, 0.25) is 11.8 Å². The summed E-state index contributed by atoms with van der Waals surface area (Å²) in [5.41, 5.74) is 1.92. The Labute approximate surface area is 106 Å². The normalized spacial score (nSPS) is 10.8. The topological polar surface area (TPSA) is 104 Å². The molecule has 0 unspecified atom stereocenters. The molecule has 7 heteroatoms. The average Bonchev–Trinajstić information content (AvgIpc) is 2.68. The molecule has 0 saturated heterocycles. The van der Waals surface area contributed by atoms with Gasteiger partial charge in [-0.3, -0.25) is 15.1 Å². The van der Waals surface area contributed by atoms with Crippen molar-refractivity contribution < 1.29 is 9.52 Å². The third kappa shape index (κ3) is 2.25. The van der Waals surface area contributed by atoms with Gasteiger partial charge >= 0.3 is 6.01 Å². The number of nitrogens with zero attached hydrogens (tertiary/aromatic N) is 2. The first-order valence-corrected chi connectivity index (χ1v) is 5.55. The highest BCUT2D eigenvalue weighted by Crippen LogP contribution is 2.21. The van der Waals surface area contributed by atoms with Crippen LogP contribution in [-0.2, 0) is 0 Å². The van der Waals surface area contributed by atoms with E-state index in [-0.39, 0.29) is 17.8 Å². The summed E-state index contributed by atoms with van der Waals surface area (Å²) in [6.45, 7) is 1.95. The molecule has 0 aliphatic heterocycles. The number of hydrogen-bond donors (Lipinski definition) is 3. The van der Waals surface area contributed by atoms with Crippen LogP contribution in [0.3, 0.4) is 0 Å². The van der Waals surface area contributed by atoms with Crippen molar-refractivity contribution in [1.82, 2.24) is 15.0 Å². The monoisotopic (exact) mass is 258 g/mol. The van der Waals surface area contributed by atoms with E-state index in [0.717, 1.165) is 11.6 Å². The number of rotatable bonds is 2. The van der Waals surface area contributed by atoms with Crippen molar-refractivity contribution in [2.45, 2.75) is 6.92 Å². The lowest BCUT2D eigenvalue weighted by Gasteiger charge is -1.99. The van der Waals surface area contributed by atoms with Gasteiger partial charge in [-0.15, -0.1) is 0 Å². The molecule has 19 heavy (non-hydrogen) atoms. The Balaban J connectivity index is 1.98. The van der Waals surface area contributed by atoms with E-state index < -0.39 is 5.56 Å². The van der Waals surface area contributed by atoms with E-state index in [9.17, 15) is 9.90 Å². The Morgan fingerprint density at radius 3 is 2.95 bits per heavy atom. The van der Waals surface area contributed by atoms with Gasteiger partial charge in [-0.05, 0) is 24.6 Å². The molecule has 0 spiro atoms. The van der Waals surface area contributed by atoms with Gasteiger partial charge in [0, 0.05) is 0 Å². The fraction of sp³-hybridized carbons (Fsp3) is 0.0833. The number of aromatic nitrogens is 3. The lowest BCUT2D eigenvalue weighted by atomic mass is 10.2. The number of fused-ring (bicyclic) bond motifs is 1. The predicted molar refractivity (Wildman–Crippen MR) is 68.6 cm³/mol. The second kappa shape index (κ2) is 4.13. The summed E-state index contributed by atoms with van der Waals surface area (Å²) in [5, 5.41) is 11.9. The molecule has 0 amide bonds. The summed E-state index contributed by atoms with van der Waals surface area (Å²) < 4.78 is 5.44. The first kappa shape index (κ1) is 11.3. The number of anilines is 2. The van der Waals surface area contributed by atoms with Gasteiger partial charge in [-0.25, -0.2) is 0 Å². The maximum atomic E-state index is 11.2. The van der Waals surface area contributed by atoms with Crippen LogP contribution in [0.1, 0.15) is 5.56 Å². The summed E-state index contributed by atoms with van der Waals surface area (Å²) in [7, 11) is 0. The van der Waals surface area contributed by atoms with Crippen LogP contribution in [0.15, 0.2) is 33.5 Å². The third-order valence-corrected chi connectivity index (χ3v) is 2.50. The molecule has 2 aromatic heterocycles. The predicted octanol–water partition coefficient (Wildman–Crippen LogP) is 1.67. The van der Waals surface area contributed by atoms with Gasteiger partial charge in [-0.2, -0.15) is 9.97 Å². The zero-order valence-corrected chi connectivity index (χ0v) is 9.97. The summed E-state index contributed by atoms with van der Waals surface area (Å²) in [6.07, 6.45) is 0. The number of H-pyrrole nitrogens is 1. The van der Waals surface area contributed by atoms with Gasteiger partial charge in [0.25, 0.3) is 5.56 Å². The molecule has 0 atom stereocenters. The van der Waals surface area contributed by atoms with Gasteiger partial charge in [0.1, 0.15) is 5.52 Å². The molecule has 0 radical (unpaired) electrons. The molecule has 0 fully saturated rings. The SMILES string of the molecule is Cc1ccc2oc(Nc3nc(O)cc(=O)[nH]3)nc2c1. The summed E-state index contributed by atoms with van der Waals surface area (Å²) in [5.74, 6) is -0.313. The number of oxazole rings is 1. The molecule has 2 heterocycles. The highest BCUT2D eigenvalue weighted by atomic mass is 16.4. The zero-order valence-electron chi connectivity index (χ0n) is 9.97. The summed E-state index contributed by atoms with van der Waals surface area (Å²) in [4.78, 5) is 21.5. The molecule has 3 aromatic rings. The Morgan fingerprint density at radius 1 is 1.32 bits per heavy atom. The first-order chi connectivity index (χ1) is 9.10. The Kier molecular flexibility index (Phi) is 2.45. The number of nitrogens with one attached hydrogen (secondary N) is 2. The van der Waals surface area contributed by atoms with Crippen molar-refractivity contribution in [3.05, 3.63) is 40.2 Å². The van der Waals surface area contributed by atoms with E-state index in [4.69, 9.17) is 4.42 Å². The second-order valence-corrected chi connectivity index (χ2v) is 4.07. The number of aromatic amines is 1. The number of benzene rings is 1. The lowest BCUT2D eigenvalue weighted by Crippen LogP contribution is -2.08. The standard InChI is InChI=1S/C12H10N4O3/c1-6-2-3-8-7(4-6)13-12(19-8)16-11-14-9(17)5-10(18)15-11/h2-5H,1H3,(H3,13,14,15,16,17,18). The van der Waals surface area contributed by atoms with Crippen molar-refractivity contribution in [2.24, 2.45) is 0 Å². The minimum Gasteiger partial charge on any atom is -0.493 e. The Hall–Kier alpha value is -2.83. The third-order valence-electron chi connectivity index (χ3n) is 2.50. The van der Waals surface area contributed by atoms with Crippen molar-refractivity contribution in [3.8, 4) is 5.88 Å². The van der Waals surface area contributed by atoms with E-state index in [0.29, 0.717) is 11.1 Å². The number of aromatic hydroxyl groups is 1. The largest absolute Gasteiger partial charge is 0.493 e. The molecule has 3 N–H and O–H groups in total. The lowest BCUT2D eigenvalue weighted by molar-refractivity contribution is 0.452. The number of hydrogen-bond acceptors (Lipinski definition) is 6. The maximum Gasteiger partial charge on any atom is 0.302 e. The van der Waals surface area contributed by atoms with E-state index in [1.165, 1.54) is 0 Å². The van der Waals surface area contributed by atoms with Crippen LogP contribution in [0.2, 0.25) is 0 Å². The molecular weight excluding hydrogens is 248 g/mol. The van der Waals surface area contributed by atoms with Crippen molar-refractivity contribution in [3.63, 3.8) is 0 Å². The van der Waals surface area contributed by atoms with Crippen molar-refractivity contribution >= 4 is 23.1 Å². The van der Waals surface area contributed by atoms with E-state index in [2.05, 4.69) is 20.3 Å². The van der Waals surface area contributed by atoms with Gasteiger partial charge < -0.3 is 9.52 Å². The highest BCUT2D eigenvalue weighted by molar-refractivity contribution is 5.75. The first-order valence-electron chi connectivity index (χ1n) is 5.55. The molecule has 96 valence electrons. The highest BCUT2D eigenvalue weighted by Gasteiger charge is 2.07. The van der Waals surface area contributed by atoms with Crippen LogP contribution in [0.4, 0.5) is 12.0 Å². The fourth-order valence-electron chi connectivity index (χ4n) is 1.70. The number of aryl methyl sites for hydroxylation is 1. The molecule has 0 bridgehead atoms. The van der Waals surface area contributed by atoms with Crippen LogP contribution in [0, 0.1) is 6.92 Å². The molecule has 0 aliphatic carbocycles. The van der Waals surface area contributed by atoms with Crippen LogP contribution in [-0.4, -0.2) is 20.1 Å². The maximum absolute atomic E-state index is 11.2. The average molecular weight is 258 g/mol. The second-order valence-electron chi connectivity index (χ2n) is 4.07. The molecular formula is C12H10N4O3. The molecule has 0 aliphatic rings. The van der Waals surface area contributed by atoms with Crippen molar-refractivity contribution in [1.29, 1.82) is 0 Å².